The molecule has 0 aliphatic heterocycles. The number of hydrogen-bond acceptors (Lipinski definition) is 5. The molecule has 0 unspecified atom stereocenters. The van der Waals surface area contributed by atoms with Crippen molar-refractivity contribution in [3.63, 3.8) is 0 Å². The quantitative estimate of drug-likeness (QED) is 0.442. The predicted octanol–water partition coefficient (Wildman–Crippen LogP) is 3.34. The monoisotopic (exact) mass is 335 g/mol. The summed E-state index contributed by atoms with van der Waals surface area (Å²) in [5.41, 5.74) is 1.46. The van der Waals surface area contributed by atoms with E-state index in [9.17, 15) is 14.7 Å². The fraction of sp³-hybridized carbons (Fsp3) is 0.0526. The van der Waals surface area contributed by atoms with Gasteiger partial charge in [-0.05, 0) is 18.2 Å². The first-order chi connectivity index (χ1) is 12.1. The zero-order valence-corrected chi connectivity index (χ0v) is 13.0. The highest BCUT2D eigenvalue weighted by molar-refractivity contribution is 6.04. The number of aromatic hydroxyl groups is 1. The molecule has 0 atom stereocenters. The molecule has 0 aliphatic rings. The molecule has 2 aromatic carbocycles. The van der Waals surface area contributed by atoms with Crippen LogP contribution in [0.4, 0.5) is 0 Å². The standard InChI is InChI=1S/C19H13NO5/c21-12-5-6-13-11(7-18(22)25-17(13)8-12)10-24-19(23)15-9-20-16-4-2-1-3-14(15)16/h1-9,20-21H,10H2. The minimum atomic E-state index is -0.573. The molecule has 2 aromatic heterocycles. The number of aromatic amines is 1. The third-order valence-corrected chi connectivity index (χ3v) is 3.98. The first-order valence-electron chi connectivity index (χ1n) is 7.61. The smallest absolute Gasteiger partial charge is 0.340 e. The van der Waals surface area contributed by atoms with Crippen molar-refractivity contribution >= 4 is 27.8 Å². The van der Waals surface area contributed by atoms with Gasteiger partial charge in [-0.25, -0.2) is 9.59 Å². The number of ether oxygens (including phenoxy) is 1. The van der Waals surface area contributed by atoms with Gasteiger partial charge < -0.3 is 19.2 Å². The second kappa shape index (κ2) is 5.83. The summed E-state index contributed by atoms with van der Waals surface area (Å²) in [5, 5.41) is 10.9. The number of carbonyl (C=O) groups excluding carboxylic acids is 1. The van der Waals surface area contributed by atoms with Crippen LogP contribution in [0.15, 0.2) is 63.9 Å². The second-order valence-corrected chi connectivity index (χ2v) is 5.60. The van der Waals surface area contributed by atoms with Crippen molar-refractivity contribution < 1.29 is 19.1 Å². The summed E-state index contributed by atoms with van der Waals surface area (Å²) in [6.45, 7) is -0.0782. The van der Waals surface area contributed by atoms with Crippen LogP contribution in [0, 0.1) is 0 Å². The maximum atomic E-state index is 12.4. The molecule has 0 spiro atoms. The number of nitrogens with one attached hydrogen (secondary N) is 1. The summed E-state index contributed by atoms with van der Waals surface area (Å²) in [6.07, 6.45) is 1.60. The lowest BCUT2D eigenvalue weighted by atomic mass is 10.1. The van der Waals surface area contributed by atoms with Crippen molar-refractivity contribution in [2.45, 2.75) is 6.61 Å². The maximum Gasteiger partial charge on any atom is 0.340 e. The summed E-state index contributed by atoms with van der Waals surface area (Å²) < 4.78 is 10.4. The van der Waals surface area contributed by atoms with Crippen LogP contribution in [0.2, 0.25) is 0 Å². The number of phenolic OH excluding ortho intramolecular Hbond substituents is 1. The van der Waals surface area contributed by atoms with Gasteiger partial charge in [-0.3, -0.25) is 0 Å². The van der Waals surface area contributed by atoms with Crippen molar-refractivity contribution in [2.75, 3.05) is 0 Å². The molecule has 0 saturated heterocycles. The number of hydrogen-bond donors (Lipinski definition) is 2. The molecular formula is C19H13NO5. The lowest BCUT2D eigenvalue weighted by Gasteiger charge is -2.07. The number of rotatable bonds is 3. The Morgan fingerprint density at radius 2 is 1.96 bits per heavy atom. The van der Waals surface area contributed by atoms with Crippen LogP contribution < -0.4 is 5.63 Å². The van der Waals surface area contributed by atoms with Gasteiger partial charge in [-0.1, -0.05) is 18.2 Å². The van der Waals surface area contributed by atoms with Crippen LogP contribution >= 0.6 is 0 Å². The highest BCUT2D eigenvalue weighted by Crippen LogP contribution is 2.23. The van der Waals surface area contributed by atoms with Gasteiger partial charge in [0.2, 0.25) is 0 Å². The number of phenols is 1. The first-order valence-corrected chi connectivity index (χ1v) is 7.61. The zero-order valence-electron chi connectivity index (χ0n) is 13.0. The largest absolute Gasteiger partial charge is 0.508 e. The Balaban J connectivity index is 1.64. The first kappa shape index (κ1) is 15.0. The van der Waals surface area contributed by atoms with Crippen LogP contribution in [-0.2, 0) is 11.3 Å². The van der Waals surface area contributed by atoms with Crippen molar-refractivity contribution in [1.82, 2.24) is 4.98 Å². The molecule has 4 rings (SSSR count). The van der Waals surface area contributed by atoms with Crippen molar-refractivity contribution in [3.05, 3.63) is 76.3 Å². The van der Waals surface area contributed by atoms with Crippen LogP contribution in [0.1, 0.15) is 15.9 Å². The molecule has 0 bridgehead atoms. The maximum absolute atomic E-state index is 12.4. The number of aromatic nitrogens is 1. The molecule has 0 saturated carbocycles. The average Bonchev–Trinajstić information content (AvgIpc) is 3.03. The Labute approximate surface area is 141 Å². The number of para-hydroxylation sites is 1. The molecule has 2 heterocycles. The lowest BCUT2D eigenvalue weighted by molar-refractivity contribution is 0.0476. The third kappa shape index (κ3) is 2.74. The predicted molar refractivity (Wildman–Crippen MR) is 91.6 cm³/mol. The fourth-order valence-corrected chi connectivity index (χ4v) is 2.80. The van der Waals surface area contributed by atoms with Gasteiger partial charge in [-0.2, -0.15) is 0 Å². The minimum absolute atomic E-state index is 0.0106. The molecule has 124 valence electrons. The van der Waals surface area contributed by atoms with Crippen molar-refractivity contribution in [2.24, 2.45) is 0 Å². The van der Waals surface area contributed by atoms with Gasteiger partial charge in [0.1, 0.15) is 17.9 Å². The lowest BCUT2D eigenvalue weighted by Crippen LogP contribution is -2.07. The molecule has 0 amide bonds. The normalized spacial score (nSPS) is 11.0. The van der Waals surface area contributed by atoms with E-state index >= 15 is 0 Å². The zero-order chi connectivity index (χ0) is 17.4. The van der Waals surface area contributed by atoms with E-state index in [1.165, 1.54) is 18.2 Å². The Morgan fingerprint density at radius 1 is 1.12 bits per heavy atom. The van der Waals surface area contributed by atoms with Crippen LogP contribution in [0.5, 0.6) is 5.75 Å². The fourth-order valence-electron chi connectivity index (χ4n) is 2.80. The van der Waals surface area contributed by atoms with Crippen molar-refractivity contribution in [3.8, 4) is 5.75 Å². The Hall–Kier alpha value is -3.54. The summed E-state index contributed by atoms with van der Waals surface area (Å²) in [5.74, 6) is -0.499. The SMILES string of the molecule is O=C(OCc1cc(=O)oc2cc(O)ccc12)c1c[nH]c2ccccc12. The third-order valence-electron chi connectivity index (χ3n) is 3.98. The van der Waals surface area contributed by atoms with E-state index in [-0.39, 0.29) is 17.9 Å². The molecule has 25 heavy (non-hydrogen) atoms. The number of fused-ring (bicyclic) bond motifs is 2. The summed E-state index contributed by atoms with van der Waals surface area (Å²) in [4.78, 5) is 27.1. The van der Waals surface area contributed by atoms with Gasteiger partial charge in [-0.15, -0.1) is 0 Å². The number of H-pyrrole nitrogens is 1. The van der Waals surface area contributed by atoms with Crippen molar-refractivity contribution in [1.29, 1.82) is 0 Å². The second-order valence-electron chi connectivity index (χ2n) is 5.60. The molecular weight excluding hydrogens is 322 g/mol. The van der Waals surface area contributed by atoms with E-state index < -0.39 is 11.6 Å². The van der Waals surface area contributed by atoms with Crippen LogP contribution in [0.3, 0.4) is 0 Å². The van der Waals surface area contributed by atoms with E-state index in [4.69, 9.17) is 9.15 Å². The van der Waals surface area contributed by atoms with Crippen LogP contribution in [0.25, 0.3) is 21.9 Å². The highest BCUT2D eigenvalue weighted by Gasteiger charge is 2.14. The number of carbonyl (C=O) groups is 1. The molecule has 0 radical (unpaired) electrons. The van der Waals surface area contributed by atoms with E-state index in [0.717, 1.165) is 10.9 Å². The van der Waals surface area contributed by atoms with Gasteiger partial charge in [0.25, 0.3) is 0 Å². The van der Waals surface area contributed by atoms with Gasteiger partial charge in [0.15, 0.2) is 0 Å². The molecule has 6 heteroatoms. The minimum Gasteiger partial charge on any atom is -0.508 e. The van der Waals surface area contributed by atoms with Gasteiger partial charge in [0, 0.05) is 40.2 Å². The number of esters is 1. The summed E-state index contributed by atoms with van der Waals surface area (Å²) in [6, 6.07) is 13.1. The number of benzene rings is 2. The van der Waals surface area contributed by atoms with E-state index in [2.05, 4.69) is 4.98 Å². The van der Waals surface area contributed by atoms with E-state index in [1.807, 2.05) is 24.3 Å². The van der Waals surface area contributed by atoms with Gasteiger partial charge >= 0.3 is 11.6 Å². The molecule has 0 aliphatic carbocycles. The Kier molecular flexibility index (Phi) is 3.50. The Morgan fingerprint density at radius 3 is 2.84 bits per heavy atom. The van der Waals surface area contributed by atoms with E-state index in [1.54, 1.807) is 12.3 Å². The van der Waals surface area contributed by atoms with E-state index in [0.29, 0.717) is 16.5 Å². The summed E-state index contributed by atoms with van der Waals surface area (Å²) >= 11 is 0. The molecule has 4 aromatic rings. The molecule has 0 fully saturated rings. The average molecular weight is 335 g/mol. The summed E-state index contributed by atoms with van der Waals surface area (Å²) in [7, 11) is 0. The molecule has 2 N–H and O–H groups in total. The Bertz CT molecular complexity index is 1160. The molecule has 6 nitrogen and oxygen atoms in total. The van der Waals surface area contributed by atoms with Crippen LogP contribution in [-0.4, -0.2) is 16.1 Å². The topological polar surface area (TPSA) is 92.5 Å². The highest BCUT2D eigenvalue weighted by atomic mass is 16.5. The van der Waals surface area contributed by atoms with Gasteiger partial charge in [0.05, 0.1) is 5.56 Å².